The molecule has 2 aromatic carbocycles. The molecule has 2 heterocycles. The fraction of sp³-hybridized carbons (Fsp3) is 0. The van der Waals surface area contributed by atoms with Gasteiger partial charge in [0.15, 0.2) is 5.78 Å². The molecule has 0 fully saturated rings. The topological polar surface area (TPSA) is 75.7 Å². The molecule has 0 unspecified atom stereocenters. The van der Waals surface area contributed by atoms with Crippen molar-refractivity contribution in [2.75, 3.05) is 0 Å². The summed E-state index contributed by atoms with van der Waals surface area (Å²) in [4.78, 5) is 36.4. The largest absolute Gasteiger partial charge is 0.321 e. The Kier molecular flexibility index (Phi) is 4.83. The highest BCUT2D eigenvalue weighted by Crippen LogP contribution is 2.31. The van der Waals surface area contributed by atoms with Crippen LogP contribution in [0.1, 0.15) is 15.9 Å². The molecule has 0 saturated carbocycles. The van der Waals surface area contributed by atoms with E-state index in [0.717, 1.165) is 5.56 Å². The number of halogens is 1. The van der Waals surface area contributed by atoms with Crippen molar-refractivity contribution in [1.29, 1.82) is 0 Å². The summed E-state index contributed by atoms with van der Waals surface area (Å²) in [6, 6.07) is 14.5. The number of fused-ring (bicyclic) bond motifs is 1. The van der Waals surface area contributed by atoms with Gasteiger partial charge in [0, 0.05) is 39.4 Å². The van der Waals surface area contributed by atoms with E-state index in [1.54, 1.807) is 36.7 Å². The van der Waals surface area contributed by atoms with Gasteiger partial charge >= 0.3 is 0 Å². The molecular formula is C22H14ClN3O2. The SMILES string of the molecule is O=C(/C=C/c1cncnc1)c1c(-c2ccccc2)c2cc(Cl)ccc2[nH]c1=O. The zero-order valence-corrected chi connectivity index (χ0v) is 15.4. The van der Waals surface area contributed by atoms with Gasteiger partial charge in [0.1, 0.15) is 6.33 Å². The first-order valence-corrected chi connectivity index (χ1v) is 8.89. The molecule has 0 aliphatic heterocycles. The van der Waals surface area contributed by atoms with Crippen LogP contribution in [0.2, 0.25) is 5.02 Å². The molecule has 1 N–H and O–H groups in total. The molecule has 4 aromatic rings. The number of aromatic nitrogens is 3. The van der Waals surface area contributed by atoms with Gasteiger partial charge in [-0.25, -0.2) is 9.97 Å². The molecule has 0 saturated heterocycles. The monoisotopic (exact) mass is 387 g/mol. The molecule has 5 nitrogen and oxygen atoms in total. The van der Waals surface area contributed by atoms with E-state index < -0.39 is 11.3 Å². The first kappa shape index (κ1) is 17.8. The number of nitrogens with one attached hydrogen (secondary N) is 1. The molecule has 4 rings (SSSR count). The number of carbonyl (C=O) groups excluding carboxylic acids is 1. The number of carbonyl (C=O) groups is 1. The van der Waals surface area contributed by atoms with E-state index in [1.165, 1.54) is 12.4 Å². The van der Waals surface area contributed by atoms with Gasteiger partial charge in [-0.1, -0.05) is 41.9 Å². The van der Waals surface area contributed by atoms with Crippen molar-refractivity contribution >= 4 is 34.4 Å². The third kappa shape index (κ3) is 3.48. The second kappa shape index (κ2) is 7.58. The Hall–Kier alpha value is -3.57. The van der Waals surface area contributed by atoms with Crippen LogP contribution in [0.4, 0.5) is 0 Å². The van der Waals surface area contributed by atoms with E-state index in [1.807, 2.05) is 30.3 Å². The minimum absolute atomic E-state index is 0.0640. The number of benzene rings is 2. The smallest absolute Gasteiger partial charge is 0.260 e. The average Bonchev–Trinajstić information content (AvgIpc) is 2.73. The summed E-state index contributed by atoms with van der Waals surface area (Å²) in [6.07, 6.45) is 7.51. The van der Waals surface area contributed by atoms with Gasteiger partial charge < -0.3 is 4.98 Å². The summed E-state index contributed by atoms with van der Waals surface area (Å²) in [6.45, 7) is 0. The van der Waals surface area contributed by atoms with Crippen molar-refractivity contribution in [2.24, 2.45) is 0 Å². The van der Waals surface area contributed by atoms with Crippen LogP contribution in [0.3, 0.4) is 0 Å². The van der Waals surface area contributed by atoms with Gasteiger partial charge in [-0.15, -0.1) is 0 Å². The van der Waals surface area contributed by atoms with Crippen LogP contribution in [0.25, 0.3) is 28.1 Å². The third-order valence-electron chi connectivity index (χ3n) is 4.29. The lowest BCUT2D eigenvalue weighted by molar-refractivity contribution is 0.104. The Morgan fingerprint density at radius 1 is 1.04 bits per heavy atom. The zero-order chi connectivity index (χ0) is 19.5. The average molecular weight is 388 g/mol. The molecule has 28 heavy (non-hydrogen) atoms. The van der Waals surface area contributed by atoms with Gasteiger partial charge in [0.05, 0.1) is 5.56 Å². The molecule has 0 bridgehead atoms. The van der Waals surface area contributed by atoms with Gasteiger partial charge in [-0.05, 0) is 35.9 Å². The molecule has 0 aliphatic carbocycles. The molecule has 0 radical (unpaired) electrons. The zero-order valence-electron chi connectivity index (χ0n) is 14.6. The van der Waals surface area contributed by atoms with E-state index in [-0.39, 0.29) is 5.56 Å². The number of H-pyrrole nitrogens is 1. The Morgan fingerprint density at radius 3 is 2.54 bits per heavy atom. The normalized spacial score (nSPS) is 11.2. The van der Waals surface area contributed by atoms with E-state index in [0.29, 0.717) is 27.1 Å². The number of pyridine rings is 1. The summed E-state index contributed by atoms with van der Waals surface area (Å²) >= 11 is 6.19. The highest BCUT2D eigenvalue weighted by atomic mass is 35.5. The van der Waals surface area contributed by atoms with Crippen molar-refractivity contribution in [3.8, 4) is 11.1 Å². The summed E-state index contributed by atoms with van der Waals surface area (Å²) < 4.78 is 0. The van der Waals surface area contributed by atoms with Crippen LogP contribution in [0.15, 0.2) is 78.1 Å². The van der Waals surface area contributed by atoms with Gasteiger partial charge in [-0.2, -0.15) is 0 Å². The maximum absolute atomic E-state index is 13.0. The van der Waals surface area contributed by atoms with E-state index in [4.69, 9.17) is 11.6 Å². The molecule has 0 spiro atoms. The number of rotatable bonds is 4. The third-order valence-corrected chi connectivity index (χ3v) is 4.53. The number of hydrogen-bond acceptors (Lipinski definition) is 4. The minimum Gasteiger partial charge on any atom is -0.321 e. The van der Waals surface area contributed by atoms with Crippen LogP contribution in [0, 0.1) is 0 Å². The molecule has 0 aliphatic rings. The van der Waals surface area contributed by atoms with Crippen LogP contribution in [0.5, 0.6) is 0 Å². The highest BCUT2D eigenvalue weighted by Gasteiger charge is 2.19. The Bertz CT molecular complexity index is 1250. The lowest BCUT2D eigenvalue weighted by Crippen LogP contribution is -2.18. The second-order valence-electron chi connectivity index (χ2n) is 6.13. The standard InChI is InChI=1S/C22H14ClN3O2/c23-16-7-8-18-17(10-16)20(15-4-2-1-3-5-15)21(22(28)26-18)19(27)9-6-14-11-24-13-25-12-14/h1-13H,(H,26,28)/b9-6+. The quantitative estimate of drug-likeness (QED) is 0.412. The predicted molar refractivity (Wildman–Crippen MR) is 110 cm³/mol. The minimum atomic E-state index is -0.451. The van der Waals surface area contributed by atoms with Gasteiger partial charge in [-0.3, -0.25) is 9.59 Å². The first-order valence-electron chi connectivity index (χ1n) is 8.52. The number of aromatic amines is 1. The fourth-order valence-corrected chi connectivity index (χ4v) is 3.23. The number of hydrogen-bond donors (Lipinski definition) is 1. The Balaban J connectivity index is 1.95. The summed E-state index contributed by atoms with van der Waals surface area (Å²) in [5.41, 5.74) is 2.21. The molecule has 0 amide bonds. The second-order valence-corrected chi connectivity index (χ2v) is 6.57. The van der Waals surface area contributed by atoms with Gasteiger partial charge in [0.25, 0.3) is 5.56 Å². The lowest BCUT2D eigenvalue weighted by atomic mass is 9.94. The number of nitrogens with zero attached hydrogens (tertiary/aromatic N) is 2. The summed E-state index contributed by atoms with van der Waals surface area (Å²) in [5, 5.41) is 1.23. The van der Waals surface area contributed by atoms with Crippen molar-refractivity contribution in [3.63, 3.8) is 0 Å². The summed E-state index contributed by atoms with van der Waals surface area (Å²) in [5.74, 6) is -0.411. The Morgan fingerprint density at radius 2 is 1.79 bits per heavy atom. The number of ketones is 1. The predicted octanol–water partition coefficient (Wildman–Crippen LogP) is 4.53. The lowest BCUT2D eigenvalue weighted by Gasteiger charge is -2.11. The van der Waals surface area contributed by atoms with Crippen molar-refractivity contribution in [3.05, 3.63) is 99.8 Å². The summed E-state index contributed by atoms with van der Waals surface area (Å²) in [7, 11) is 0. The molecule has 2 aromatic heterocycles. The van der Waals surface area contributed by atoms with Crippen molar-refractivity contribution in [1.82, 2.24) is 15.0 Å². The molecular weight excluding hydrogens is 374 g/mol. The van der Waals surface area contributed by atoms with E-state index in [9.17, 15) is 9.59 Å². The van der Waals surface area contributed by atoms with Crippen LogP contribution >= 0.6 is 11.6 Å². The van der Waals surface area contributed by atoms with Crippen molar-refractivity contribution in [2.45, 2.75) is 0 Å². The first-order chi connectivity index (χ1) is 13.6. The Labute approximate surface area is 165 Å². The van der Waals surface area contributed by atoms with Gasteiger partial charge in [0.2, 0.25) is 0 Å². The molecule has 136 valence electrons. The fourth-order valence-electron chi connectivity index (χ4n) is 3.06. The molecule has 0 atom stereocenters. The van der Waals surface area contributed by atoms with E-state index in [2.05, 4.69) is 15.0 Å². The molecule has 6 heteroatoms. The van der Waals surface area contributed by atoms with Crippen LogP contribution in [-0.2, 0) is 0 Å². The van der Waals surface area contributed by atoms with Crippen LogP contribution in [-0.4, -0.2) is 20.7 Å². The van der Waals surface area contributed by atoms with Crippen molar-refractivity contribution < 1.29 is 4.79 Å². The maximum atomic E-state index is 13.0. The highest BCUT2D eigenvalue weighted by molar-refractivity contribution is 6.31. The maximum Gasteiger partial charge on any atom is 0.260 e. The van der Waals surface area contributed by atoms with Crippen LogP contribution < -0.4 is 5.56 Å². The number of allylic oxidation sites excluding steroid dienone is 1. The van der Waals surface area contributed by atoms with E-state index >= 15 is 0 Å².